The minimum absolute atomic E-state index is 0.0944. The average molecular weight is 303 g/mol. The standard InChI is InChI=1S/C16H19NO3.C2H6/c1-5-20-16(19)13-9-17(10(2)3)14-8-11(4)6-7-12(14)15(13)18;1-2/h6-10H,5H2,1-4H3;1-2H3. The lowest BCUT2D eigenvalue weighted by molar-refractivity contribution is 0.0524. The number of pyridine rings is 1. The van der Waals surface area contributed by atoms with Gasteiger partial charge >= 0.3 is 5.97 Å². The van der Waals surface area contributed by atoms with Crippen LogP contribution in [0.15, 0.2) is 29.2 Å². The minimum atomic E-state index is -0.561. The van der Waals surface area contributed by atoms with Crippen molar-refractivity contribution in [2.24, 2.45) is 0 Å². The van der Waals surface area contributed by atoms with Gasteiger partial charge in [-0.25, -0.2) is 4.79 Å². The lowest BCUT2D eigenvalue weighted by Gasteiger charge is -2.16. The van der Waals surface area contributed by atoms with Crippen molar-refractivity contribution in [3.63, 3.8) is 0 Å². The highest BCUT2D eigenvalue weighted by Gasteiger charge is 2.17. The summed E-state index contributed by atoms with van der Waals surface area (Å²) in [4.78, 5) is 24.3. The fourth-order valence-electron chi connectivity index (χ4n) is 2.24. The van der Waals surface area contributed by atoms with Crippen molar-refractivity contribution in [1.82, 2.24) is 4.57 Å². The molecule has 0 N–H and O–H groups in total. The first kappa shape index (κ1) is 18.0. The highest BCUT2D eigenvalue weighted by atomic mass is 16.5. The van der Waals surface area contributed by atoms with E-state index in [1.807, 2.05) is 51.3 Å². The summed E-state index contributed by atoms with van der Waals surface area (Å²) in [5.41, 5.74) is 1.75. The van der Waals surface area contributed by atoms with Crippen molar-refractivity contribution in [2.75, 3.05) is 6.61 Å². The number of fused-ring (bicyclic) bond motifs is 1. The SMILES string of the molecule is CC.CCOC(=O)c1cn(C(C)C)c2cc(C)ccc2c1=O. The molecule has 1 heterocycles. The number of ether oxygens (including phenoxy) is 1. The summed E-state index contributed by atoms with van der Waals surface area (Å²) in [5.74, 6) is -0.561. The van der Waals surface area contributed by atoms with Crippen LogP contribution < -0.4 is 5.43 Å². The highest BCUT2D eigenvalue weighted by Crippen LogP contribution is 2.18. The van der Waals surface area contributed by atoms with Crippen LogP contribution in [-0.2, 0) is 4.74 Å². The number of carbonyl (C=O) groups is 1. The number of hydrogen-bond donors (Lipinski definition) is 0. The molecule has 0 spiro atoms. The van der Waals surface area contributed by atoms with Gasteiger partial charge in [0, 0.05) is 17.6 Å². The Balaban J connectivity index is 0.00000116. The minimum Gasteiger partial charge on any atom is -0.462 e. The molecule has 0 unspecified atom stereocenters. The molecule has 2 aromatic rings. The molecule has 120 valence electrons. The molecule has 0 aliphatic carbocycles. The van der Waals surface area contributed by atoms with Gasteiger partial charge in [0.05, 0.1) is 12.1 Å². The maximum Gasteiger partial charge on any atom is 0.343 e. The van der Waals surface area contributed by atoms with Gasteiger partial charge in [0.2, 0.25) is 5.43 Å². The molecule has 0 bridgehead atoms. The van der Waals surface area contributed by atoms with Crippen molar-refractivity contribution in [3.05, 3.63) is 45.7 Å². The molecule has 0 amide bonds. The lowest BCUT2D eigenvalue weighted by atomic mass is 10.1. The fraction of sp³-hybridized carbons (Fsp3) is 0.444. The van der Waals surface area contributed by atoms with Gasteiger partial charge in [-0.2, -0.15) is 0 Å². The van der Waals surface area contributed by atoms with E-state index in [0.717, 1.165) is 11.1 Å². The molecule has 0 saturated carbocycles. The third-order valence-electron chi connectivity index (χ3n) is 3.24. The summed E-state index contributed by atoms with van der Waals surface area (Å²) >= 11 is 0. The molecule has 1 aromatic heterocycles. The molecule has 2 rings (SSSR count). The zero-order valence-corrected chi connectivity index (χ0v) is 14.3. The maximum atomic E-state index is 12.4. The van der Waals surface area contributed by atoms with Crippen LogP contribution in [0.1, 0.15) is 56.6 Å². The van der Waals surface area contributed by atoms with E-state index in [4.69, 9.17) is 4.74 Å². The van der Waals surface area contributed by atoms with E-state index in [2.05, 4.69) is 0 Å². The predicted octanol–water partition coefficient (Wildman–Crippen LogP) is 4.09. The number of aromatic nitrogens is 1. The summed E-state index contributed by atoms with van der Waals surface area (Å²) in [6, 6.07) is 5.76. The third kappa shape index (κ3) is 3.56. The summed E-state index contributed by atoms with van der Waals surface area (Å²) in [7, 11) is 0. The van der Waals surface area contributed by atoms with E-state index in [-0.39, 0.29) is 23.6 Å². The van der Waals surface area contributed by atoms with Crippen LogP contribution in [0.2, 0.25) is 0 Å². The molecule has 0 aliphatic heterocycles. The largest absolute Gasteiger partial charge is 0.462 e. The molecule has 0 radical (unpaired) electrons. The van der Waals surface area contributed by atoms with E-state index in [9.17, 15) is 9.59 Å². The molecule has 0 atom stereocenters. The molecular formula is C18H25NO3. The molecular weight excluding hydrogens is 278 g/mol. The molecule has 1 aromatic carbocycles. The molecule has 0 aliphatic rings. The number of esters is 1. The van der Waals surface area contributed by atoms with Crippen LogP contribution in [0.3, 0.4) is 0 Å². The Kier molecular flexibility index (Phi) is 6.35. The number of benzene rings is 1. The van der Waals surface area contributed by atoms with Crippen LogP contribution >= 0.6 is 0 Å². The first-order chi connectivity index (χ1) is 10.5. The van der Waals surface area contributed by atoms with E-state index < -0.39 is 5.97 Å². The van der Waals surface area contributed by atoms with Gasteiger partial charge in [-0.3, -0.25) is 4.79 Å². The Morgan fingerprint density at radius 2 is 1.91 bits per heavy atom. The van der Waals surface area contributed by atoms with Gasteiger partial charge in [0.25, 0.3) is 0 Å². The van der Waals surface area contributed by atoms with Gasteiger partial charge in [-0.05, 0) is 45.4 Å². The Labute approximate surface area is 131 Å². The second-order valence-electron chi connectivity index (χ2n) is 5.11. The Morgan fingerprint density at radius 3 is 2.45 bits per heavy atom. The van der Waals surface area contributed by atoms with Gasteiger partial charge in [0.1, 0.15) is 5.56 Å². The van der Waals surface area contributed by atoms with E-state index in [0.29, 0.717) is 5.39 Å². The Morgan fingerprint density at radius 1 is 1.27 bits per heavy atom. The van der Waals surface area contributed by atoms with Crippen molar-refractivity contribution >= 4 is 16.9 Å². The normalized spacial score (nSPS) is 10.3. The number of aryl methyl sites for hydroxylation is 1. The first-order valence-corrected chi connectivity index (χ1v) is 7.78. The molecule has 4 nitrogen and oxygen atoms in total. The molecule has 0 fully saturated rings. The second-order valence-corrected chi connectivity index (χ2v) is 5.11. The molecule has 4 heteroatoms. The van der Waals surface area contributed by atoms with E-state index in [1.165, 1.54) is 0 Å². The maximum absolute atomic E-state index is 12.4. The number of rotatable bonds is 3. The first-order valence-electron chi connectivity index (χ1n) is 7.78. The summed E-state index contributed by atoms with van der Waals surface area (Å²) in [5, 5.41) is 0.551. The van der Waals surface area contributed by atoms with E-state index >= 15 is 0 Å². The predicted molar refractivity (Wildman–Crippen MR) is 90.6 cm³/mol. The topological polar surface area (TPSA) is 48.3 Å². The van der Waals surface area contributed by atoms with Crippen molar-refractivity contribution in [2.45, 2.75) is 47.6 Å². The zero-order chi connectivity index (χ0) is 16.9. The van der Waals surface area contributed by atoms with Crippen LogP contribution in [-0.4, -0.2) is 17.1 Å². The average Bonchev–Trinajstić information content (AvgIpc) is 2.49. The van der Waals surface area contributed by atoms with Crippen molar-refractivity contribution < 1.29 is 9.53 Å². The van der Waals surface area contributed by atoms with Crippen LogP contribution in [0.5, 0.6) is 0 Å². The van der Waals surface area contributed by atoms with Gasteiger partial charge < -0.3 is 9.30 Å². The zero-order valence-electron chi connectivity index (χ0n) is 14.3. The fourth-order valence-corrected chi connectivity index (χ4v) is 2.24. The smallest absolute Gasteiger partial charge is 0.343 e. The number of nitrogens with zero attached hydrogens (tertiary/aromatic N) is 1. The lowest BCUT2D eigenvalue weighted by Crippen LogP contribution is -2.21. The highest BCUT2D eigenvalue weighted by molar-refractivity contribution is 5.93. The summed E-state index contributed by atoms with van der Waals surface area (Å²) in [6.45, 7) is 12.0. The van der Waals surface area contributed by atoms with Crippen LogP contribution in [0.4, 0.5) is 0 Å². The Hall–Kier alpha value is -2.10. The van der Waals surface area contributed by atoms with Crippen LogP contribution in [0, 0.1) is 6.92 Å². The van der Waals surface area contributed by atoms with Gasteiger partial charge in [0.15, 0.2) is 0 Å². The molecule has 0 saturated heterocycles. The monoisotopic (exact) mass is 303 g/mol. The van der Waals surface area contributed by atoms with E-state index in [1.54, 1.807) is 19.2 Å². The summed E-state index contributed by atoms with van der Waals surface area (Å²) < 4.78 is 6.90. The number of hydrogen-bond acceptors (Lipinski definition) is 3. The van der Waals surface area contributed by atoms with Crippen LogP contribution in [0.25, 0.3) is 10.9 Å². The third-order valence-corrected chi connectivity index (χ3v) is 3.24. The number of carbonyl (C=O) groups excluding carboxylic acids is 1. The van der Waals surface area contributed by atoms with Crippen molar-refractivity contribution in [3.8, 4) is 0 Å². The molecule has 22 heavy (non-hydrogen) atoms. The van der Waals surface area contributed by atoms with Gasteiger partial charge in [-0.1, -0.05) is 19.9 Å². The summed E-state index contributed by atoms with van der Waals surface area (Å²) in [6.07, 6.45) is 1.60. The quantitative estimate of drug-likeness (QED) is 0.802. The van der Waals surface area contributed by atoms with Crippen molar-refractivity contribution in [1.29, 1.82) is 0 Å². The Bertz CT molecular complexity index is 714. The second kappa shape index (κ2) is 7.78. The van der Waals surface area contributed by atoms with Gasteiger partial charge in [-0.15, -0.1) is 0 Å².